The first kappa shape index (κ1) is 11.0. The third-order valence-electron chi connectivity index (χ3n) is 2.24. The molecule has 0 spiro atoms. The van der Waals surface area contributed by atoms with E-state index in [1.54, 1.807) is 6.07 Å². The number of hydrogen-bond donors (Lipinski definition) is 3. The number of aliphatic hydroxyl groups excluding tert-OH is 2. The van der Waals surface area contributed by atoms with Crippen LogP contribution in [0.25, 0.3) is 0 Å². The van der Waals surface area contributed by atoms with Crippen molar-refractivity contribution in [1.29, 1.82) is 0 Å². The molecule has 1 aromatic carbocycles. The van der Waals surface area contributed by atoms with Gasteiger partial charge in [-0.1, -0.05) is 12.1 Å². The summed E-state index contributed by atoms with van der Waals surface area (Å²) < 4.78 is 0. The Labute approximate surface area is 83.6 Å². The maximum Gasteiger partial charge on any atom is 0.118 e. The predicted molar refractivity (Wildman–Crippen MR) is 54.3 cm³/mol. The van der Waals surface area contributed by atoms with Crippen molar-refractivity contribution in [1.82, 2.24) is 0 Å². The molecular weight excluding hydrogens is 180 g/mol. The first-order valence-electron chi connectivity index (χ1n) is 4.71. The van der Waals surface area contributed by atoms with Crippen LogP contribution in [-0.4, -0.2) is 28.0 Å². The van der Waals surface area contributed by atoms with Crippen molar-refractivity contribution in [3.05, 3.63) is 29.3 Å². The molecule has 1 rings (SSSR count). The lowest BCUT2D eigenvalue weighted by Gasteiger charge is -2.07. The van der Waals surface area contributed by atoms with Gasteiger partial charge in [0.15, 0.2) is 0 Å². The third-order valence-corrected chi connectivity index (χ3v) is 2.24. The lowest BCUT2D eigenvalue weighted by Crippen LogP contribution is -2.12. The van der Waals surface area contributed by atoms with Gasteiger partial charge in [-0.05, 0) is 37.0 Å². The Bertz CT molecular complexity index is 297. The van der Waals surface area contributed by atoms with Crippen LogP contribution in [0.2, 0.25) is 0 Å². The first-order valence-corrected chi connectivity index (χ1v) is 4.71. The summed E-state index contributed by atoms with van der Waals surface area (Å²) in [6.07, 6.45) is 0.605. The summed E-state index contributed by atoms with van der Waals surface area (Å²) in [7, 11) is 0. The molecule has 0 heterocycles. The molecule has 0 aromatic heterocycles. The molecule has 0 aliphatic carbocycles. The van der Waals surface area contributed by atoms with Gasteiger partial charge in [-0.2, -0.15) is 0 Å². The number of aryl methyl sites for hydroxylation is 2. The van der Waals surface area contributed by atoms with Crippen LogP contribution >= 0.6 is 0 Å². The molecule has 0 fully saturated rings. The largest absolute Gasteiger partial charge is 0.508 e. The second kappa shape index (κ2) is 4.98. The highest BCUT2D eigenvalue weighted by Crippen LogP contribution is 2.18. The summed E-state index contributed by atoms with van der Waals surface area (Å²) in [6, 6.07) is 5.36. The van der Waals surface area contributed by atoms with Gasteiger partial charge in [0.2, 0.25) is 0 Å². The average Bonchev–Trinajstić information content (AvgIpc) is 2.19. The molecule has 3 nitrogen and oxygen atoms in total. The molecule has 0 saturated carbocycles. The second-order valence-electron chi connectivity index (χ2n) is 3.50. The van der Waals surface area contributed by atoms with Crippen molar-refractivity contribution in [2.45, 2.75) is 25.9 Å². The Balaban J connectivity index is 2.55. The van der Waals surface area contributed by atoms with Gasteiger partial charge < -0.3 is 15.3 Å². The highest BCUT2D eigenvalue weighted by molar-refractivity contribution is 5.34. The van der Waals surface area contributed by atoms with E-state index in [0.717, 1.165) is 11.1 Å². The van der Waals surface area contributed by atoms with Crippen molar-refractivity contribution in [2.24, 2.45) is 0 Å². The van der Waals surface area contributed by atoms with Crippen LogP contribution in [0.3, 0.4) is 0 Å². The summed E-state index contributed by atoms with van der Waals surface area (Å²) in [6.45, 7) is 1.64. The van der Waals surface area contributed by atoms with Gasteiger partial charge in [0.25, 0.3) is 0 Å². The normalized spacial score (nSPS) is 12.8. The number of rotatable bonds is 4. The van der Waals surface area contributed by atoms with Crippen molar-refractivity contribution in [2.75, 3.05) is 6.61 Å². The van der Waals surface area contributed by atoms with E-state index in [4.69, 9.17) is 10.2 Å². The minimum absolute atomic E-state index is 0.197. The maximum atomic E-state index is 9.28. The van der Waals surface area contributed by atoms with Crippen molar-refractivity contribution in [3.63, 3.8) is 0 Å². The van der Waals surface area contributed by atoms with Crippen molar-refractivity contribution in [3.8, 4) is 5.75 Å². The predicted octanol–water partition coefficient (Wildman–Crippen LogP) is 0.986. The molecule has 1 atom stereocenters. The maximum absolute atomic E-state index is 9.28. The molecule has 3 heteroatoms. The van der Waals surface area contributed by atoms with Crippen LogP contribution in [0.4, 0.5) is 0 Å². The van der Waals surface area contributed by atoms with Crippen LogP contribution in [0, 0.1) is 6.92 Å². The Morgan fingerprint density at radius 1 is 1.36 bits per heavy atom. The minimum Gasteiger partial charge on any atom is -0.508 e. The fourth-order valence-corrected chi connectivity index (χ4v) is 1.30. The highest BCUT2D eigenvalue weighted by Gasteiger charge is 2.03. The van der Waals surface area contributed by atoms with Crippen LogP contribution in [0.1, 0.15) is 17.5 Å². The molecule has 1 aromatic rings. The Morgan fingerprint density at radius 2 is 2.07 bits per heavy atom. The highest BCUT2D eigenvalue weighted by atomic mass is 16.3. The summed E-state index contributed by atoms with van der Waals surface area (Å²) in [5.41, 5.74) is 1.90. The van der Waals surface area contributed by atoms with Crippen LogP contribution in [0.15, 0.2) is 18.2 Å². The molecule has 0 amide bonds. The van der Waals surface area contributed by atoms with E-state index < -0.39 is 6.10 Å². The molecule has 3 N–H and O–H groups in total. The molecule has 0 saturated heterocycles. The third kappa shape index (κ3) is 3.01. The number of benzene rings is 1. The van der Waals surface area contributed by atoms with E-state index in [0.29, 0.717) is 12.8 Å². The SMILES string of the molecule is Cc1cc(CCC(O)CO)ccc1O. The molecule has 1 unspecified atom stereocenters. The zero-order valence-corrected chi connectivity index (χ0v) is 8.27. The van der Waals surface area contributed by atoms with Crippen LogP contribution in [-0.2, 0) is 6.42 Å². The van der Waals surface area contributed by atoms with E-state index >= 15 is 0 Å². The minimum atomic E-state index is -0.649. The molecule has 0 radical (unpaired) electrons. The topological polar surface area (TPSA) is 60.7 Å². The van der Waals surface area contributed by atoms with E-state index in [-0.39, 0.29) is 12.4 Å². The summed E-state index contributed by atoms with van der Waals surface area (Å²) in [4.78, 5) is 0. The molecule has 14 heavy (non-hydrogen) atoms. The summed E-state index contributed by atoms with van der Waals surface area (Å²) >= 11 is 0. The van der Waals surface area contributed by atoms with Gasteiger partial charge in [0.1, 0.15) is 5.75 Å². The number of phenols is 1. The smallest absolute Gasteiger partial charge is 0.118 e. The van der Waals surface area contributed by atoms with E-state index in [1.165, 1.54) is 0 Å². The monoisotopic (exact) mass is 196 g/mol. The lowest BCUT2D eigenvalue weighted by molar-refractivity contribution is 0.0886. The van der Waals surface area contributed by atoms with Crippen LogP contribution < -0.4 is 0 Å². The van der Waals surface area contributed by atoms with Gasteiger partial charge in [0, 0.05) is 0 Å². The Hall–Kier alpha value is -1.06. The Kier molecular flexibility index (Phi) is 3.92. The molecule has 0 bridgehead atoms. The van der Waals surface area contributed by atoms with Crippen molar-refractivity contribution >= 4 is 0 Å². The lowest BCUT2D eigenvalue weighted by atomic mass is 10.0. The molecular formula is C11H16O3. The van der Waals surface area contributed by atoms with Gasteiger partial charge in [-0.25, -0.2) is 0 Å². The Morgan fingerprint density at radius 3 is 2.64 bits per heavy atom. The van der Waals surface area contributed by atoms with E-state index in [1.807, 2.05) is 19.1 Å². The molecule has 78 valence electrons. The van der Waals surface area contributed by atoms with E-state index in [9.17, 15) is 5.11 Å². The van der Waals surface area contributed by atoms with Crippen molar-refractivity contribution < 1.29 is 15.3 Å². The average molecular weight is 196 g/mol. The fraction of sp³-hybridized carbons (Fsp3) is 0.455. The zero-order chi connectivity index (χ0) is 10.6. The van der Waals surface area contributed by atoms with Gasteiger partial charge >= 0.3 is 0 Å². The second-order valence-corrected chi connectivity index (χ2v) is 3.50. The number of hydrogen-bond acceptors (Lipinski definition) is 3. The quantitative estimate of drug-likeness (QED) is 0.673. The first-order chi connectivity index (χ1) is 6.63. The fourth-order valence-electron chi connectivity index (χ4n) is 1.30. The summed E-state index contributed by atoms with van der Waals surface area (Å²) in [5, 5.41) is 27.0. The van der Waals surface area contributed by atoms with E-state index in [2.05, 4.69) is 0 Å². The standard InChI is InChI=1S/C11H16O3/c1-8-6-9(3-5-11(8)14)2-4-10(13)7-12/h3,5-6,10,12-14H,2,4,7H2,1H3. The number of aromatic hydroxyl groups is 1. The molecule has 0 aliphatic rings. The molecule has 0 aliphatic heterocycles. The van der Waals surface area contributed by atoms with Gasteiger partial charge in [-0.15, -0.1) is 0 Å². The summed E-state index contributed by atoms with van der Waals surface area (Å²) in [5.74, 6) is 0.288. The van der Waals surface area contributed by atoms with Gasteiger partial charge in [-0.3, -0.25) is 0 Å². The van der Waals surface area contributed by atoms with Gasteiger partial charge in [0.05, 0.1) is 12.7 Å². The number of phenolic OH excluding ortho intramolecular Hbond substituents is 1. The van der Waals surface area contributed by atoms with Crippen LogP contribution in [0.5, 0.6) is 5.75 Å². The zero-order valence-electron chi connectivity index (χ0n) is 8.27. The number of aliphatic hydroxyl groups is 2.